The van der Waals surface area contributed by atoms with Crippen molar-refractivity contribution in [2.24, 2.45) is 0 Å². The predicted octanol–water partition coefficient (Wildman–Crippen LogP) is 0.594. The summed E-state index contributed by atoms with van der Waals surface area (Å²) in [6.45, 7) is 6.83. The maximum absolute atomic E-state index is 12.7. The molecule has 0 bridgehead atoms. The number of nitrogens with zero attached hydrogens (tertiary/aromatic N) is 7. The molecule has 2 fully saturated rings. The molecule has 2 aliphatic rings. The summed E-state index contributed by atoms with van der Waals surface area (Å²) in [4.78, 5) is 34.5. The number of pyridine rings is 1. The molecule has 9 heteroatoms. The van der Waals surface area contributed by atoms with E-state index in [1.165, 1.54) is 0 Å². The summed E-state index contributed by atoms with van der Waals surface area (Å²) in [5.41, 5.74) is 0.582. The van der Waals surface area contributed by atoms with Crippen LogP contribution in [-0.2, 0) is 0 Å². The summed E-state index contributed by atoms with van der Waals surface area (Å²) < 4.78 is 5.06. The fourth-order valence-corrected chi connectivity index (χ4v) is 3.67. The van der Waals surface area contributed by atoms with Crippen LogP contribution in [0.5, 0.6) is 5.88 Å². The van der Waals surface area contributed by atoms with Gasteiger partial charge in [-0.25, -0.2) is 15.0 Å². The lowest BCUT2D eigenvalue weighted by atomic mass is 10.2. The molecule has 0 unspecified atom stereocenters. The van der Waals surface area contributed by atoms with Gasteiger partial charge in [-0.05, 0) is 13.1 Å². The van der Waals surface area contributed by atoms with Crippen LogP contribution in [0.1, 0.15) is 10.4 Å². The Hall–Kier alpha value is -2.94. The van der Waals surface area contributed by atoms with Crippen molar-refractivity contribution in [2.75, 3.05) is 76.3 Å². The minimum absolute atomic E-state index is 0.000571. The number of hydrogen-bond acceptors (Lipinski definition) is 8. The van der Waals surface area contributed by atoms with E-state index in [2.05, 4.69) is 42.8 Å². The van der Waals surface area contributed by atoms with Crippen LogP contribution in [0, 0.1) is 0 Å². The lowest BCUT2D eigenvalue weighted by molar-refractivity contribution is 0.0746. The van der Waals surface area contributed by atoms with Crippen molar-refractivity contribution in [2.45, 2.75) is 0 Å². The lowest BCUT2D eigenvalue weighted by Gasteiger charge is -2.36. The van der Waals surface area contributed by atoms with Crippen molar-refractivity contribution >= 4 is 17.5 Å². The Kier molecular flexibility index (Phi) is 5.75. The van der Waals surface area contributed by atoms with E-state index in [4.69, 9.17) is 4.74 Å². The summed E-state index contributed by atoms with van der Waals surface area (Å²) in [6, 6.07) is 5.54. The number of piperazine rings is 2. The molecular formula is C20H27N7O2. The van der Waals surface area contributed by atoms with E-state index in [1.54, 1.807) is 31.8 Å². The van der Waals surface area contributed by atoms with Gasteiger partial charge in [0, 0.05) is 70.7 Å². The molecule has 0 atom stereocenters. The van der Waals surface area contributed by atoms with E-state index in [9.17, 15) is 4.79 Å². The molecule has 4 rings (SSSR count). The zero-order valence-corrected chi connectivity index (χ0v) is 17.0. The van der Waals surface area contributed by atoms with E-state index in [0.717, 1.165) is 50.9 Å². The number of ether oxygens (including phenoxy) is 1. The fraction of sp³-hybridized carbons (Fsp3) is 0.500. The van der Waals surface area contributed by atoms with Gasteiger partial charge in [0.25, 0.3) is 5.91 Å². The smallest absolute Gasteiger partial charge is 0.255 e. The highest BCUT2D eigenvalue weighted by atomic mass is 16.5. The van der Waals surface area contributed by atoms with Crippen molar-refractivity contribution in [1.82, 2.24) is 24.8 Å². The number of hydrogen-bond donors (Lipinski definition) is 0. The van der Waals surface area contributed by atoms with Crippen LogP contribution >= 0.6 is 0 Å². The molecule has 0 saturated carbocycles. The molecule has 2 aliphatic heterocycles. The van der Waals surface area contributed by atoms with Gasteiger partial charge in [0.15, 0.2) is 0 Å². The average molecular weight is 397 g/mol. The molecule has 9 nitrogen and oxygen atoms in total. The SMILES string of the molecule is COc1ccc(C(=O)N2CCN(c3cc(N4CCN(C)CC4)ncn3)CC2)cn1. The summed E-state index contributed by atoms with van der Waals surface area (Å²) in [5, 5.41) is 0. The van der Waals surface area contributed by atoms with Crippen molar-refractivity contribution in [3.63, 3.8) is 0 Å². The zero-order chi connectivity index (χ0) is 20.2. The van der Waals surface area contributed by atoms with E-state index in [0.29, 0.717) is 24.5 Å². The van der Waals surface area contributed by atoms with Gasteiger partial charge < -0.3 is 24.3 Å². The number of rotatable bonds is 4. The highest BCUT2D eigenvalue weighted by Gasteiger charge is 2.24. The molecular weight excluding hydrogens is 370 g/mol. The molecule has 29 heavy (non-hydrogen) atoms. The molecule has 0 aromatic carbocycles. The molecule has 0 radical (unpaired) electrons. The minimum atomic E-state index is 0.000571. The number of likely N-dealkylation sites (N-methyl/N-ethyl adjacent to an activating group) is 1. The number of amides is 1. The van der Waals surface area contributed by atoms with Crippen LogP contribution in [0.2, 0.25) is 0 Å². The minimum Gasteiger partial charge on any atom is -0.481 e. The molecule has 0 N–H and O–H groups in total. The standard InChI is InChI=1S/C20H27N7O2/c1-24-5-7-25(8-6-24)17-13-18(23-15-22-17)26-9-11-27(12-10-26)20(28)16-3-4-19(29-2)21-14-16/h3-4,13-15H,5-12H2,1-2H3. The van der Waals surface area contributed by atoms with Gasteiger partial charge >= 0.3 is 0 Å². The van der Waals surface area contributed by atoms with E-state index < -0.39 is 0 Å². The quantitative estimate of drug-likeness (QED) is 0.742. The molecule has 2 aromatic rings. The first kappa shape index (κ1) is 19.4. The molecule has 154 valence electrons. The van der Waals surface area contributed by atoms with Crippen LogP contribution in [0.4, 0.5) is 11.6 Å². The Morgan fingerprint density at radius 3 is 2.07 bits per heavy atom. The number of carbonyl (C=O) groups excluding carboxylic acids is 1. The third kappa shape index (κ3) is 4.40. The Morgan fingerprint density at radius 1 is 0.897 bits per heavy atom. The molecule has 2 saturated heterocycles. The second-order valence-electron chi connectivity index (χ2n) is 7.39. The first-order valence-corrected chi connectivity index (χ1v) is 9.94. The van der Waals surface area contributed by atoms with Gasteiger partial charge in [-0.3, -0.25) is 4.79 Å². The van der Waals surface area contributed by atoms with E-state index >= 15 is 0 Å². The van der Waals surface area contributed by atoms with Crippen LogP contribution in [-0.4, -0.2) is 97.2 Å². The van der Waals surface area contributed by atoms with Gasteiger partial charge in [0.05, 0.1) is 12.7 Å². The van der Waals surface area contributed by atoms with Crippen LogP contribution in [0.25, 0.3) is 0 Å². The average Bonchev–Trinajstić information content (AvgIpc) is 2.79. The van der Waals surface area contributed by atoms with Crippen molar-refractivity contribution in [3.8, 4) is 5.88 Å². The van der Waals surface area contributed by atoms with Gasteiger partial charge in [0.2, 0.25) is 5.88 Å². The number of carbonyl (C=O) groups is 1. The Bertz CT molecular complexity index is 829. The second kappa shape index (κ2) is 8.60. The summed E-state index contributed by atoms with van der Waals surface area (Å²) in [6.07, 6.45) is 3.21. The fourth-order valence-electron chi connectivity index (χ4n) is 3.67. The summed E-state index contributed by atoms with van der Waals surface area (Å²) >= 11 is 0. The number of methoxy groups -OCH3 is 1. The van der Waals surface area contributed by atoms with Crippen molar-refractivity contribution in [1.29, 1.82) is 0 Å². The van der Waals surface area contributed by atoms with Crippen LogP contribution < -0.4 is 14.5 Å². The molecule has 0 aliphatic carbocycles. The summed E-state index contributed by atoms with van der Waals surface area (Å²) in [5.74, 6) is 2.41. The molecule has 0 spiro atoms. The zero-order valence-electron chi connectivity index (χ0n) is 17.0. The third-order valence-electron chi connectivity index (χ3n) is 5.55. The predicted molar refractivity (Wildman–Crippen MR) is 111 cm³/mol. The largest absolute Gasteiger partial charge is 0.481 e. The topological polar surface area (TPSA) is 77.9 Å². The Balaban J connectivity index is 1.36. The number of anilines is 2. The van der Waals surface area contributed by atoms with Gasteiger partial charge in [0.1, 0.15) is 18.0 Å². The van der Waals surface area contributed by atoms with Crippen LogP contribution in [0.3, 0.4) is 0 Å². The maximum atomic E-state index is 12.7. The molecule has 1 amide bonds. The van der Waals surface area contributed by atoms with E-state index in [1.807, 2.05) is 4.90 Å². The molecule has 2 aromatic heterocycles. The highest BCUT2D eigenvalue weighted by molar-refractivity contribution is 5.94. The van der Waals surface area contributed by atoms with Crippen molar-refractivity contribution < 1.29 is 9.53 Å². The van der Waals surface area contributed by atoms with Gasteiger partial charge in [-0.1, -0.05) is 0 Å². The van der Waals surface area contributed by atoms with Gasteiger partial charge in [-0.15, -0.1) is 0 Å². The number of aromatic nitrogens is 3. The highest BCUT2D eigenvalue weighted by Crippen LogP contribution is 2.20. The van der Waals surface area contributed by atoms with Gasteiger partial charge in [-0.2, -0.15) is 0 Å². The Morgan fingerprint density at radius 2 is 1.52 bits per heavy atom. The first-order valence-electron chi connectivity index (χ1n) is 9.94. The normalized spacial score (nSPS) is 18.1. The van der Waals surface area contributed by atoms with Crippen molar-refractivity contribution in [3.05, 3.63) is 36.3 Å². The molecule has 4 heterocycles. The first-order chi connectivity index (χ1) is 14.1. The maximum Gasteiger partial charge on any atom is 0.255 e. The van der Waals surface area contributed by atoms with Crippen LogP contribution in [0.15, 0.2) is 30.7 Å². The monoisotopic (exact) mass is 397 g/mol. The second-order valence-corrected chi connectivity index (χ2v) is 7.39. The van der Waals surface area contributed by atoms with E-state index in [-0.39, 0.29) is 5.91 Å². The third-order valence-corrected chi connectivity index (χ3v) is 5.55. The Labute approximate surface area is 170 Å². The lowest BCUT2D eigenvalue weighted by Crippen LogP contribution is -2.49. The summed E-state index contributed by atoms with van der Waals surface area (Å²) in [7, 11) is 3.71.